The summed E-state index contributed by atoms with van der Waals surface area (Å²) in [5.41, 5.74) is 2.73. The topological polar surface area (TPSA) is 20.3 Å². The molecule has 0 saturated carbocycles. The van der Waals surface area contributed by atoms with Gasteiger partial charge in [-0.05, 0) is 40.7 Å². The highest BCUT2D eigenvalue weighted by atomic mass is 32.2. The SMILES string of the molecule is O=C(CSCc1cccc2ccccc12)N1CCC(c2ccccc2)CC1. The van der Waals surface area contributed by atoms with Crippen LogP contribution in [0.4, 0.5) is 0 Å². The van der Waals surface area contributed by atoms with Crippen molar-refractivity contribution in [3.8, 4) is 0 Å². The zero-order valence-corrected chi connectivity index (χ0v) is 16.3. The first-order valence-corrected chi connectivity index (χ1v) is 10.8. The lowest BCUT2D eigenvalue weighted by Gasteiger charge is -2.32. The molecule has 0 bridgehead atoms. The second kappa shape index (κ2) is 8.62. The molecule has 0 aromatic heterocycles. The van der Waals surface area contributed by atoms with Crippen LogP contribution in [0.5, 0.6) is 0 Å². The zero-order valence-electron chi connectivity index (χ0n) is 15.5. The predicted molar refractivity (Wildman–Crippen MR) is 115 cm³/mol. The molecule has 4 rings (SSSR count). The van der Waals surface area contributed by atoms with Gasteiger partial charge in [0.2, 0.25) is 5.91 Å². The average molecular weight is 376 g/mol. The highest BCUT2D eigenvalue weighted by Crippen LogP contribution is 2.28. The minimum absolute atomic E-state index is 0.284. The first-order valence-electron chi connectivity index (χ1n) is 9.68. The van der Waals surface area contributed by atoms with Crippen molar-refractivity contribution in [2.75, 3.05) is 18.8 Å². The van der Waals surface area contributed by atoms with Crippen LogP contribution in [0.25, 0.3) is 10.8 Å². The van der Waals surface area contributed by atoms with E-state index < -0.39 is 0 Å². The van der Waals surface area contributed by atoms with Crippen LogP contribution in [0.2, 0.25) is 0 Å². The molecule has 1 fully saturated rings. The van der Waals surface area contributed by atoms with Gasteiger partial charge in [0.15, 0.2) is 0 Å². The van der Waals surface area contributed by atoms with Gasteiger partial charge in [0.05, 0.1) is 5.75 Å². The summed E-state index contributed by atoms with van der Waals surface area (Å²) >= 11 is 1.73. The second-order valence-electron chi connectivity index (χ2n) is 7.20. The van der Waals surface area contributed by atoms with E-state index in [-0.39, 0.29) is 5.91 Å². The Morgan fingerprint density at radius 2 is 1.59 bits per heavy atom. The van der Waals surface area contributed by atoms with E-state index in [0.717, 1.165) is 31.7 Å². The van der Waals surface area contributed by atoms with Crippen molar-refractivity contribution in [1.29, 1.82) is 0 Å². The van der Waals surface area contributed by atoms with Crippen molar-refractivity contribution in [3.05, 3.63) is 83.9 Å². The number of carbonyl (C=O) groups excluding carboxylic acids is 1. The molecule has 138 valence electrons. The Bertz CT molecular complexity index is 895. The average Bonchev–Trinajstić information content (AvgIpc) is 2.74. The van der Waals surface area contributed by atoms with E-state index in [1.807, 2.05) is 0 Å². The molecule has 0 N–H and O–H groups in total. The summed E-state index contributed by atoms with van der Waals surface area (Å²) in [5, 5.41) is 2.56. The van der Waals surface area contributed by atoms with Gasteiger partial charge in [-0.1, -0.05) is 72.8 Å². The van der Waals surface area contributed by atoms with E-state index in [9.17, 15) is 4.79 Å². The molecule has 3 heteroatoms. The molecule has 2 nitrogen and oxygen atoms in total. The van der Waals surface area contributed by atoms with E-state index in [2.05, 4.69) is 77.7 Å². The maximum atomic E-state index is 12.6. The quantitative estimate of drug-likeness (QED) is 0.588. The van der Waals surface area contributed by atoms with Crippen molar-refractivity contribution in [2.24, 2.45) is 0 Å². The van der Waals surface area contributed by atoms with E-state index in [0.29, 0.717) is 11.7 Å². The van der Waals surface area contributed by atoms with Crippen LogP contribution < -0.4 is 0 Å². The molecule has 27 heavy (non-hydrogen) atoms. The third-order valence-corrected chi connectivity index (χ3v) is 6.45. The lowest BCUT2D eigenvalue weighted by atomic mass is 9.89. The minimum atomic E-state index is 0.284. The van der Waals surface area contributed by atoms with Gasteiger partial charge >= 0.3 is 0 Å². The lowest BCUT2D eigenvalue weighted by molar-refractivity contribution is -0.129. The summed E-state index contributed by atoms with van der Waals surface area (Å²) in [6.07, 6.45) is 2.15. The summed E-state index contributed by atoms with van der Waals surface area (Å²) in [7, 11) is 0. The molecule has 1 aliphatic heterocycles. The fourth-order valence-electron chi connectivity index (χ4n) is 3.95. The Morgan fingerprint density at radius 1 is 0.889 bits per heavy atom. The van der Waals surface area contributed by atoms with Gasteiger partial charge in [0, 0.05) is 18.8 Å². The second-order valence-corrected chi connectivity index (χ2v) is 8.18. The maximum absolute atomic E-state index is 12.6. The molecule has 3 aromatic carbocycles. The highest BCUT2D eigenvalue weighted by molar-refractivity contribution is 7.99. The molecule has 1 saturated heterocycles. The van der Waals surface area contributed by atoms with Crippen LogP contribution in [0.3, 0.4) is 0 Å². The van der Waals surface area contributed by atoms with E-state index >= 15 is 0 Å². The molecule has 0 spiro atoms. The number of carbonyl (C=O) groups is 1. The molecule has 1 amide bonds. The lowest BCUT2D eigenvalue weighted by Crippen LogP contribution is -2.38. The first kappa shape index (κ1) is 18.1. The largest absolute Gasteiger partial charge is 0.342 e. The number of nitrogens with zero attached hydrogens (tertiary/aromatic N) is 1. The fraction of sp³-hybridized carbons (Fsp3) is 0.292. The van der Waals surface area contributed by atoms with Crippen molar-refractivity contribution < 1.29 is 4.79 Å². The fourth-order valence-corrected chi connectivity index (χ4v) is 4.88. The maximum Gasteiger partial charge on any atom is 0.232 e. The number of piperidine rings is 1. The number of hydrogen-bond acceptors (Lipinski definition) is 2. The predicted octanol–water partition coefficient (Wildman–Crippen LogP) is 5.48. The Balaban J connectivity index is 1.28. The standard InChI is InChI=1S/C24H25NOS/c26-24(25-15-13-20(14-16-25)19-7-2-1-3-8-19)18-27-17-22-11-6-10-21-9-4-5-12-23(21)22/h1-12,20H,13-18H2. The van der Waals surface area contributed by atoms with Crippen LogP contribution in [0.15, 0.2) is 72.8 Å². The summed E-state index contributed by atoms with van der Waals surface area (Å²) in [6.45, 7) is 1.76. The first-order chi connectivity index (χ1) is 13.3. The molecule has 0 unspecified atom stereocenters. The number of thioether (sulfide) groups is 1. The number of benzene rings is 3. The number of amides is 1. The minimum Gasteiger partial charge on any atom is -0.342 e. The Hall–Kier alpha value is -2.26. The monoisotopic (exact) mass is 375 g/mol. The normalized spacial score (nSPS) is 15.2. The van der Waals surface area contributed by atoms with Gasteiger partial charge in [0.25, 0.3) is 0 Å². The third-order valence-electron chi connectivity index (χ3n) is 5.48. The molecule has 1 heterocycles. The Labute approximate surface area is 165 Å². The summed E-state index contributed by atoms with van der Waals surface area (Å²) in [5.74, 6) is 2.33. The molecule has 0 radical (unpaired) electrons. The highest BCUT2D eigenvalue weighted by Gasteiger charge is 2.23. The van der Waals surface area contributed by atoms with E-state index in [1.165, 1.54) is 21.9 Å². The number of rotatable bonds is 5. The van der Waals surface area contributed by atoms with Crippen LogP contribution >= 0.6 is 11.8 Å². The van der Waals surface area contributed by atoms with Gasteiger partial charge < -0.3 is 4.90 Å². The van der Waals surface area contributed by atoms with Crippen LogP contribution in [-0.2, 0) is 10.5 Å². The van der Waals surface area contributed by atoms with Crippen LogP contribution in [0.1, 0.15) is 29.9 Å². The summed E-state index contributed by atoms with van der Waals surface area (Å²) < 4.78 is 0. The van der Waals surface area contributed by atoms with Gasteiger partial charge in [-0.25, -0.2) is 0 Å². The van der Waals surface area contributed by atoms with Crippen molar-refractivity contribution in [3.63, 3.8) is 0 Å². The van der Waals surface area contributed by atoms with Gasteiger partial charge in [-0.3, -0.25) is 4.79 Å². The summed E-state index contributed by atoms with van der Waals surface area (Å²) in [6, 6.07) is 25.6. The molecule has 0 atom stereocenters. The molecular formula is C24H25NOS. The van der Waals surface area contributed by atoms with Crippen molar-refractivity contribution >= 4 is 28.4 Å². The number of hydrogen-bond donors (Lipinski definition) is 0. The molecule has 1 aliphatic rings. The Morgan fingerprint density at radius 3 is 2.41 bits per heavy atom. The van der Waals surface area contributed by atoms with Gasteiger partial charge in [-0.15, -0.1) is 11.8 Å². The van der Waals surface area contributed by atoms with Crippen molar-refractivity contribution in [1.82, 2.24) is 4.90 Å². The van der Waals surface area contributed by atoms with E-state index in [1.54, 1.807) is 11.8 Å². The van der Waals surface area contributed by atoms with Crippen molar-refractivity contribution in [2.45, 2.75) is 24.5 Å². The summed E-state index contributed by atoms with van der Waals surface area (Å²) in [4.78, 5) is 14.7. The molecular weight excluding hydrogens is 350 g/mol. The third kappa shape index (κ3) is 4.36. The smallest absolute Gasteiger partial charge is 0.232 e. The molecule has 0 aliphatic carbocycles. The van der Waals surface area contributed by atoms with E-state index in [4.69, 9.17) is 0 Å². The number of fused-ring (bicyclic) bond motifs is 1. The molecule has 3 aromatic rings. The Kier molecular flexibility index (Phi) is 5.78. The number of likely N-dealkylation sites (tertiary alicyclic amines) is 1. The zero-order chi connectivity index (χ0) is 18.5. The van der Waals surface area contributed by atoms with Gasteiger partial charge in [-0.2, -0.15) is 0 Å². The van der Waals surface area contributed by atoms with Crippen LogP contribution in [-0.4, -0.2) is 29.6 Å². The van der Waals surface area contributed by atoms with Gasteiger partial charge in [0.1, 0.15) is 0 Å². The van der Waals surface area contributed by atoms with Crippen LogP contribution in [0, 0.1) is 0 Å².